The first-order valence-electron chi connectivity index (χ1n) is 4.80. The Morgan fingerprint density at radius 2 is 2.08 bits per heavy atom. The first-order chi connectivity index (χ1) is 5.88. The highest BCUT2D eigenvalue weighted by molar-refractivity contribution is 5.77. The fourth-order valence-electron chi connectivity index (χ4n) is 1.52. The first kappa shape index (κ1) is 10.5. The summed E-state index contributed by atoms with van der Waals surface area (Å²) < 4.78 is 5.75. The van der Waals surface area contributed by atoms with Crippen molar-refractivity contribution in [2.45, 2.75) is 45.3 Å². The van der Waals surface area contributed by atoms with E-state index in [1.165, 1.54) is 0 Å². The van der Waals surface area contributed by atoms with E-state index in [-0.39, 0.29) is 17.6 Å². The zero-order chi connectivity index (χ0) is 10.1. The lowest BCUT2D eigenvalue weighted by Gasteiger charge is -2.33. The Balaban J connectivity index is 2.42. The van der Waals surface area contributed by atoms with Crippen molar-refractivity contribution >= 4 is 5.91 Å². The summed E-state index contributed by atoms with van der Waals surface area (Å²) in [5.74, 6) is 0.195. The molecule has 1 aliphatic rings. The molecule has 0 aromatic rings. The molecule has 1 fully saturated rings. The number of hydrogen-bond acceptors (Lipinski definition) is 2. The standard InChI is InChI=1S/C10H19NO2/c1-10(2,3)13-8-5-6-11(4)9(12)7-8/h8H,5-7H2,1-4H3. The average Bonchev–Trinajstić information content (AvgIpc) is 1.94. The Hall–Kier alpha value is -0.570. The summed E-state index contributed by atoms with van der Waals surface area (Å²) in [6.45, 7) is 6.89. The molecule has 0 aliphatic carbocycles. The van der Waals surface area contributed by atoms with Gasteiger partial charge in [-0.05, 0) is 27.2 Å². The monoisotopic (exact) mass is 185 g/mol. The molecular weight excluding hydrogens is 166 g/mol. The van der Waals surface area contributed by atoms with Gasteiger partial charge < -0.3 is 9.64 Å². The molecule has 0 saturated carbocycles. The van der Waals surface area contributed by atoms with Gasteiger partial charge in [0.15, 0.2) is 0 Å². The van der Waals surface area contributed by atoms with Crippen LogP contribution in [0.25, 0.3) is 0 Å². The van der Waals surface area contributed by atoms with E-state index in [0.717, 1.165) is 13.0 Å². The van der Waals surface area contributed by atoms with Crippen LogP contribution in [0.4, 0.5) is 0 Å². The summed E-state index contributed by atoms with van der Waals surface area (Å²) in [7, 11) is 1.84. The molecule has 1 saturated heterocycles. The molecule has 1 atom stereocenters. The molecule has 0 radical (unpaired) electrons. The fraction of sp³-hybridized carbons (Fsp3) is 0.900. The summed E-state index contributed by atoms with van der Waals surface area (Å²) in [4.78, 5) is 13.1. The minimum absolute atomic E-state index is 0.115. The second-order valence-electron chi connectivity index (χ2n) is 4.66. The molecule has 0 spiro atoms. The molecule has 76 valence electrons. The molecule has 1 aliphatic heterocycles. The quantitative estimate of drug-likeness (QED) is 0.618. The van der Waals surface area contributed by atoms with Gasteiger partial charge in [-0.1, -0.05) is 0 Å². The maximum atomic E-state index is 11.3. The van der Waals surface area contributed by atoms with E-state index in [0.29, 0.717) is 6.42 Å². The summed E-state index contributed by atoms with van der Waals surface area (Å²) >= 11 is 0. The van der Waals surface area contributed by atoms with Crippen LogP contribution < -0.4 is 0 Å². The van der Waals surface area contributed by atoms with Crippen molar-refractivity contribution < 1.29 is 9.53 Å². The van der Waals surface area contributed by atoms with E-state index in [1.807, 2.05) is 27.8 Å². The molecule has 1 unspecified atom stereocenters. The van der Waals surface area contributed by atoms with Gasteiger partial charge in [0.25, 0.3) is 0 Å². The fourth-order valence-corrected chi connectivity index (χ4v) is 1.52. The average molecular weight is 185 g/mol. The van der Waals surface area contributed by atoms with E-state index in [2.05, 4.69) is 0 Å². The second kappa shape index (κ2) is 3.66. The molecule has 0 N–H and O–H groups in total. The van der Waals surface area contributed by atoms with Gasteiger partial charge >= 0.3 is 0 Å². The van der Waals surface area contributed by atoms with Crippen LogP contribution in [0.5, 0.6) is 0 Å². The van der Waals surface area contributed by atoms with Crippen LogP contribution in [0.3, 0.4) is 0 Å². The van der Waals surface area contributed by atoms with Crippen LogP contribution in [0, 0.1) is 0 Å². The predicted octanol–water partition coefficient (Wildman–Crippen LogP) is 1.42. The lowest BCUT2D eigenvalue weighted by molar-refractivity contribution is -0.143. The number of nitrogens with zero attached hydrogens (tertiary/aromatic N) is 1. The van der Waals surface area contributed by atoms with Gasteiger partial charge in [0.05, 0.1) is 18.1 Å². The Morgan fingerprint density at radius 1 is 1.46 bits per heavy atom. The van der Waals surface area contributed by atoms with Gasteiger partial charge in [-0.15, -0.1) is 0 Å². The Bertz CT molecular complexity index is 196. The third kappa shape index (κ3) is 3.35. The molecule has 3 heteroatoms. The molecule has 0 aromatic heterocycles. The number of rotatable bonds is 1. The van der Waals surface area contributed by atoms with E-state index in [4.69, 9.17) is 4.74 Å². The smallest absolute Gasteiger partial charge is 0.224 e. The van der Waals surface area contributed by atoms with Crippen LogP contribution in [0.1, 0.15) is 33.6 Å². The van der Waals surface area contributed by atoms with Gasteiger partial charge in [0, 0.05) is 13.6 Å². The number of piperidine rings is 1. The van der Waals surface area contributed by atoms with Crippen LogP contribution >= 0.6 is 0 Å². The molecule has 1 heterocycles. The highest BCUT2D eigenvalue weighted by Gasteiger charge is 2.27. The molecular formula is C10H19NO2. The lowest BCUT2D eigenvalue weighted by Crippen LogP contribution is -2.41. The van der Waals surface area contributed by atoms with Crippen LogP contribution in [-0.2, 0) is 9.53 Å². The SMILES string of the molecule is CN1CCC(OC(C)(C)C)CC1=O. The maximum Gasteiger partial charge on any atom is 0.224 e. The minimum atomic E-state index is -0.138. The van der Waals surface area contributed by atoms with Gasteiger partial charge in [-0.3, -0.25) is 4.79 Å². The molecule has 1 amide bonds. The van der Waals surface area contributed by atoms with Crippen molar-refractivity contribution in [1.82, 2.24) is 4.90 Å². The largest absolute Gasteiger partial charge is 0.372 e. The van der Waals surface area contributed by atoms with E-state index < -0.39 is 0 Å². The Labute approximate surface area is 80.1 Å². The van der Waals surface area contributed by atoms with Crippen molar-refractivity contribution in [3.8, 4) is 0 Å². The number of carbonyl (C=O) groups is 1. The minimum Gasteiger partial charge on any atom is -0.372 e. The number of ether oxygens (including phenoxy) is 1. The molecule has 1 rings (SSSR count). The second-order valence-corrected chi connectivity index (χ2v) is 4.66. The highest BCUT2D eigenvalue weighted by Crippen LogP contribution is 2.19. The van der Waals surface area contributed by atoms with Crippen molar-refractivity contribution in [2.24, 2.45) is 0 Å². The van der Waals surface area contributed by atoms with Gasteiger partial charge in [-0.2, -0.15) is 0 Å². The topological polar surface area (TPSA) is 29.5 Å². The van der Waals surface area contributed by atoms with Gasteiger partial charge in [0.2, 0.25) is 5.91 Å². The molecule has 3 nitrogen and oxygen atoms in total. The number of carbonyl (C=O) groups excluding carboxylic acids is 1. The number of amides is 1. The summed E-state index contributed by atoms with van der Waals surface area (Å²) in [6.07, 6.45) is 1.61. The summed E-state index contributed by atoms with van der Waals surface area (Å²) in [5.41, 5.74) is -0.138. The number of hydrogen-bond donors (Lipinski definition) is 0. The van der Waals surface area contributed by atoms with Crippen LogP contribution in [0.2, 0.25) is 0 Å². The Kier molecular flexibility index (Phi) is 2.96. The normalized spacial score (nSPS) is 25.1. The van der Waals surface area contributed by atoms with Crippen molar-refractivity contribution in [2.75, 3.05) is 13.6 Å². The molecule has 0 bridgehead atoms. The third-order valence-corrected chi connectivity index (χ3v) is 2.13. The number of likely N-dealkylation sites (tertiary alicyclic amines) is 1. The zero-order valence-corrected chi connectivity index (χ0v) is 8.96. The highest BCUT2D eigenvalue weighted by atomic mass is 16.5. The Morgan fingerprint density at radius 3 is 2.54 bits per heavy atom. The van der Waals surface area contributed by atoms with Crippen molar-refractivity contribution in [3.05, 3.63) is 0 Å². The third-order valence-electron chi connectivity index (χ3n) is 2.13. The van der Waals surface area contributed by atoms with E-state index in [1.54, 1.807) is 4.90 Å². The van der Waals surface area contributed by atoms with Crippen LogP contribution in [-0.4, -0.2) is 36.1 Å². The van der Waals surface area contributed by atoms with Gasteiger partial charge in [-0.25, -0.2) is 0 Å². The zero-order valence-electron chi connectivity index (χ0n) is 8.96. The van der Waals surface area contributed by atoms with Crippen molar-refractivity contribution in [1.29, 1.82) is 0 Å². The molecule has 13 heavy (non-hydrogen) atoms. The summed E-state index contributed by atoms with van der Waals surface area (Å²) in [6, 6.07) is 0. The van der Waals surface area contributed by atoms with Crippen LogP contribution in [0.15, 0.2) is 0 Å². The predicted molar refractivity (Wildman–Crippen MR) is 51.5 cm³/mol. The molecule has 0 aromatic carbocycles. The van der Waals surface area contributed by atoms with E-state index >= 15 is 0 Å². The van der Waals surface area contributed by atoms with E-state index in [9.17, 15) is 4.79 Å². The van der Waals surface area contributed by atoms with Gasteiger partial charge in [0.1, 0.15) is 0 Å². The summed E-state index contributed by atoms with van der Waals surface area (Å²) in [5, 5.41) is 0. The first-order valence-corrected chi connectivity index (χ1v) is 4.80. The lowest BCUT2D eigenvalue weighted by atomic mass is 10.1. The maximum absolute atomic E-state index is 11.3. The van der Waals surface area contributed by atoms with Crippen molar-refractivity contribution in [3.63, 3.8) is 0 Å².